The molecule has 0 radical (unpaired) electrons. The largest absolute Gasteiger partial charge is 0.0622 e. The van der Waals surface area contributed by atoms with E-state index in [4.69, 9.17) is 2.74 Å². The molecular formula is C12H18. The Labute approximate surface area is 78.4 Å². The summed E-state index contributed by atoms with van der Waals surface area (Å²) in [6, 6.07) is 9.63. The van der Waals surface area contributed by atoms with Gasteiger partial charge in [0.1, 0.15) is 0 Å². The standard InChI is InChI=1S/C12H18/c1-12(2,3)10-9-11-7-5-4-6-8-11/h4-8H,9-10H2,1-3H3/i9D,10D. The van der Waals surface area contributed by atoms with Crippen molar-refractivity contribution >= 4 is 0 Å². The van der Waals surface area contributed by atoms with Crippen LogP contribution in [0.4, 0.5) is 0 Å². The molecule has 0 spiro atoms. The molecule has 1 aromatic rings. The molecular weight excluding hydrogens is 144 g/mol. The summed E-state index contributed by atoms with van der Waals surface area (Å²) in [5.41, 5.74) is 0.796. The first kappa shape index (κ1) is 6.71. The molecule has 2 unspecified atom stereocenters. The third-order valence-electron chi connectivity index (χ3n) is 1.58. The average molecular weight is 164 g/mol. The van der Waals surface area contributed by atoms with E-state index in [1.165, 1.54) is 0 Å². The Balaban J connectivity index is 2.81. The fraction of sp³-hybridized carbons (Fsp3) is 0.500. The molecule has 0 nitrogen and oxygen atoms in total. The van der Waals surface area contributed by atoms with Crippen LogP contribution in [-0.2, 0) is 6.40 Å². The summed E-state index contributed by atoms with van der Waals surface area (Å²) >= 11 is 0. The van der Waals surface area contributed by atoms with Crippen molar-refractivity contribution in [3.8, 4) is 0 Å². The predicted octanol–water partition coefficient (Wildman–Crippen LogP) is 3.67. The molecule has 0 N–H and O–H groups in total. The van der Waals surface area contributed by atoms with E-state index in [1.807, 2.05) is 51.1 Å². The lowest BCUT2D eigenvalue weighted by atomic mass is 9.89. The van der Waals surface area contributed by atoms with E-state index >= 15 is 0 Å². The monoisotopic (exact) mass is 164 g/mol. The van der Waals surface area contributed by atoms with Gasteiger partial charge < -0.3 is 0 Å². The molecule has 0 saturated carbocycles. The third kappa shape index (κ3) is 3.56. The highest BCUT2D eigenvalue weighted by molar-refractivity contribution is 5.14. The zero-order chi connectivity index (χ0) is 10.8. The summed E-state index contributed by atoms with van der Waals surface area (Å²) in [4.78, 5) is 0. The molecule has 0 bridgehead atoms. The highest BCUT2D eigenvalue weighted by Gasteiger charge is 2.09. The van der Waals surface area contributed by atoms with Crippen LogP contribution in [0.15, 0.2) is 30.3 Å². The van der Waals surface area contributed by atoms with Crippen LogP contribution in [0.1, 0.15) is 35.5 Å². The normalized spacial score (nSPS) is 19.2. The van der Waals surface area contributed by atoms with Crippen LogP contribution in [0.2, 0.25) is 0 Å². The van der Waals surface area contributed by atoms with Crippen LogP contribution in [-0.4, -0.2) is 0 Å². The van der Waals surface area contributed by atoms with Gasteiger partial charge in [-0.2, -0.15) is 0 Å². The fourth-order valence-electron chi connectivity index (χ4n) is 0.910. The second-order valence-electron chi connectivity index (χ2n) is 4.11. The maximum Gasteiger partial charge on any atom is 0.0316 e. The zero-order valence-corrected chi connectivity index (χ0v) is 8.04. The van der Waals surface area contributed by atoms with Crippen molar-refractivity contribution in [2.75, 3.05) is 0 Å². The lowest BCUT2D eigenvalue weighted by Crippen LogP contribution is -2.06. The Morgan fingerprint density at radius 1 is 1.17 bits per heavy atom. The number of benzene rings is 1. The SMILES string of the molecule is [2H]C(c1ccccc1)C([2H])C(C)(C)C. The molecule has 0 amide bonds. The second-order valence-corrected chi connectivity index (χ2v) is 4.11. The van der Waals surface area contributed by atoms with Gasteiger partial charge >= 0.3 is 0 Å². The smallest absolute Gasteiger partial charge is 0.0316 e. The van der Waals surface area contributed by atoms with E-state index < -0.39 is 6.40 Å². The van der Waals surface area contributed by atoms with Gasteiger partial charge in [-0.05, 0) is 23.8 Å². The Morgan fingerprint density at radius 3 is 2.25 bits per heavy atom. The first-order valence-electron chi connectivity index (χ1n) is 5.48. The molecule has 0 aliphatic carbocycles. The van der Waals surface area contributed by atoms with Gasteiger partial charge in [0.2, 0.25) is 0 Å². The molecule has 0 fully saturated rings. The van der Waals surface area contributed by atoms with Gasteiger partial charge in [0, 0.05) is 2.74 Å². The Bertz CT molecular complexity index is 274. The first-order valence-corrected chi connectivity index (χ1v) is 4.32. The van der Waals surface area contributed by atoms with Crippen molar-refractivity contribution in [2.24, 2.45) is 5.41 Å². The van der Waals surface area contributed by atoms with E-state index in [2.05, 4.69) is 0 Å². The highest BCUT2D eigenvalue weighted by Crippen LogP contribution is 2.20. The molecule has 0 heteroatoms. The number of rotatable bonds is 2. The second kappa shape index (κ2) is 3.75. The molecule has 0 saturated heterocycles. The lowest BCUT2D eigenvalue weighted by molar-refractivity contribution is 0.378. The minimum absolute atomic E-state index is 0.137. The maximum atomic E-state index is 7.99. The van der Waals surface area contributed by atoms with Gasteiger partial charge in [-0.25, -0.2) is 0 Å². The quantitative estimate of drug-likeness (QED) is 0.625. The van der Waals surface area contributed by atoms with Crippen molar-refractivity contribution in [1.82, 2.24) is 0 Å². The van der Waals surface area contributed by atoms with Crippen LogP contribution < -0.4 is 0 Å². The summed E-state index contributed by atoms with van der Waals surface area (Å²) in [6.45, 7) is 6.03. The number of hydrogen-bond acceptors (Lipinski definition) is 0. The fourth-order valence-corrected chi connectivity index (χ4v) is 0.910. The molecule has 2 atom stereocenters. The molecule has 12 heavy (non-hydrogen) atoms. The van der Waals surface area contributed by atoms with Crippen LogP contribution in [0, 0.1) is 5.41 Å². The Morgan fingerprint density at radius 2 is 1.75 bits per heavy atom. The summed E-state index contributed by atoms with van der Waals surface area (Å²) in [5, 5.41) is 0. The summed E-state index contributed by atoms with van der Waals surface area (Å²) in [6.07, 6.45) is -0.832. The molecule has 0 heterocycles. The first-order chi connectivity index (χ1) is 6.43. The molecule has 0 aromatic heterocycles. The highest BCUT2D eigenvalue weighted by atomic mass is 14.1. The minimum atomic E-state index is -0.448. The molecule has 1 aromatic carbocycles. The summed E-state index contributed by atoms with van der Waals surface area (Å²) in [5.74, 6) is 0. The van der Waals surface area contributed by atoms with Gasteiger partial charge in [0.05, 0.1) is 0 Å². The van der Waals surface area contributed by atoms with E-state index in [0.717, 1.165) is 5.56 Å². The van der Waals surface area contributed by atoms with Crippen LogP contribution >= 0.6 is 0 Å². The van der Waals surface area contributed by atoms with Crippen LogP contribution in [0.5, 0.6) is 0 Å². The van der Waals surface area contributed by atoms with Gasteiger partial charge in [-0.15, -0.1) is 0 Å². The third-order valence-corrected chi connectivity index (χ3v) is 1.58. The van der Waals surface area contributed by atoms with E-state index in [9.17, 15) is 0 Å². The van der Waals surface area contributed by atoms with Crippen molar-refractivity contribution in [3.05, 3.63) is 35.9 Å². The van der Waals surface area contributed by atoms with Crippen molar-refractivity contribution in [2.45, 2.75) is 33.6 Å². The van der Waals surface area contributed by atoms with Gasteiger partial charge in [0.25, 0.3) is 0 Å². The summed E-state index contributed by atoms with van der Waals surface area (Å²) in [7, 11) is 0. The Kier molecular flexibility index (Phi) is 2.10. The molecule has 0 aliphatic heterocycles. The van der Waals surface area contributed by atoms with E-state index in [0.29, 0.717) is 0 Å². The molecule has 1 rings (SSSR count). The van der Waals surface area contributed by atoms with Crippen molar-refractivity contribution < 1.29 is 2.74 Å². The lowest BCUT2D eigenvalue weighted by Gasteiger charge is -2.17. The maximum absolute atomic E-state index is 7.99. The Hall–Kier alpha value is -0.780. The zero-order valence-electron chi connectivity index (χ0n) is 10.0. The predicted molar refractivity (Wildman–Crippen MR) is 54.2 cm³/mol. The number of hydrogen-bond donors (Lipinski definition) is 0. The summed E-state index contributed by atoms with van der Waals surface area (Å²) < 4.78 is 16.0. The van der Waals surface area contributed by atoms with Gasteiger partial charge in [0.15, 0.2) is 0 Å². The van der Waals surface area contributed by atoms with Crippen molar-refractivity contribution in [1.29, 1.82) is 0 Å². The van der Waals surface area contributed by atoms with E-state index in [1.54, 1.807) is 0 Å². The van der Waals surface area contributed by atoms with Crippen LogP contribution in [0.3, 0.4) is 0 Å². The van der Waals surface area contributed by atoms with Gasteiger partial charge in [-0.1, -0.05) is 51.1 Å². The van der Waals surface area contributed by atoms with Gasteiger partial charge in [-0.3, -0.25) is 0 Å². The number of aryl methyl sites for hydroxylation is 1. The molecule has 0 aliphatic rings. The molecule has 66 valence electrons. The van der Waals surface area contributed by atoms with Crippen molar-refractivity contribution in [3.63, 3.8) is 0 Å². The van der Waals surface area contributed by atoms with E-state index in [-0.39, 0.29) is 11.8 Å². The van der Waals surface area contributed by atoms with Crippen LogP contribution in [0.25, 0.3) is 0 Å². The topological polar surface area (TPSA) is 0 Å². The minimum Gasteiger partial charge on any atom is -0.0622 e. The average Bonchev–Trinajstić information content (AvgIpc) is 2.15.